The molecule has 36 heavy (non-hydrogen) atoms. The van der Waals surface area contributed by atoms with E-state index in [9.17, 15) is 9.59 Å². The highest BCUT2D eigenvalue weighted by Gasteiger charge is 2.26. The fourth-order valence-electron chi connectivity index (χ4n) is 5.37. The van der Waals surface area contributed by atoms with Crippen LogP contribution in [0.25, 0.3) is 0 Å². The molecule has 0 unspecified atom stereocenters. The molecule has 2 aliphatic rings. The molecule has 1 atom stereocenters. The predicted octanol–water partition coefficient (Wildman–Crippen LogP) is 3.47. The van der Waals surface area contributed by atoms with Crippen LogP contribution in [0.15, 0.2) is 71.7 Å². The number of piperidine rings is 1. The minimum atomic E-state index is -0.123. The summed E-state index contributed by atoms with van der Waals surface area (Å²) in [5.41, 5.74) is 4.49. The summed E-state index contributed by atoms with van der Waals surface area (Å²) >= 11 is 0. The van der Waals surface area contributed by atoms with Crippen molar-refractivity contribution in [3.05, 3.63) is 88.3 Å². The third-order valence-corrected chi connectivity index (χ3v) is 7.30. The van der Waals surface area contributed by atoms with E-state index in [0.717, 1.165) is 56.6 Å². The van der Waals surface area contributed by atoms with Crippen LogP contribution in [0.3, 0.4) is 0 Å². The Morgan fingerprint density at radius 3 is 2.72 bits per heavy atom. The lowest BCUT2D eigenvalue weighted by molar-refractivity contribution is -0.125. The van der Waals surface area contributed by atoms with Crippen LogP contribution in [0.2, 0.25) is 0 Å². The number of carbonyl (C=O) groups excluding carboxylic acids is 1. The Labute approximate surface area is 212 Å². The number of para-hydroxylation sites is 1. The molecular formula is C29H35N5O2. The van der Waals surface area contributed by atoms with Gasteiger partial charge < -0.3 is 15.1 Å². The Balaban J connectivity index is 1.11. The van der Waals surface area contributed by atoms with Gasteiger partial charge in [-0.25, -0.2) is 4.68 Å². The Morgan fingerprint density at radius 2 is 1.86 bits per heavy atom. The number of aromatic nitrogens is 2. The molecule has 1 fully saturated rings. The van der Waals surface area contributed by atoms with Crippen molar-refractivity contribution in [2.24, 2.45) is 5.92 Å². The number of nitrogens with zero attached hydrogens (tertiary/aromatic N) is 4. The molecule has 2 aromatic carbocycles. The average molecular weight is 486 g/mol. The molecular weight excluding hydrogens is 450 g/mol. The molecule has 7 nitrogen and oxygen atoms in total. The molecule has 0 spiro atoms. The van der Waals surface area contributed by atoms with Crippen molar-refractivity contribution in [2.75, 3.05) is 42.5 Å². The maximum absolute atomic E-state index is 12.9. The van der Waals surface area contributed by atoms with E-state index in [1.807, 2.05) is 30.3 Å². The molecule has 0 bridgehead atoms. The van der Waals surface area contributed by atoms with Crippen molar-refractivity contribution in [2.45, 2.75) is 38.6 Å². The number of amides is 1. The van der Waals surface area contributed by atoms with E-state index < -0.39 is 0 Å². The van der Waals surface area contributed by atoms with Gasteiger partial charge >= 0.3 is 0 Å². The average Bonchev–Trinajstić information content (AvgIpc) is 2.93. The minimum Gasteiger partial charge on any atom is -0.371 e. The molecule has 0 saturated carbocycles. The summed E-state index contributed by atoms with van der Waals surface area (Å²) in [6.07, 6.45) is 6.82. The molecule has 1 N–H and O–H groups in total. The van der Waals surface area contributed by atoms with Gasteiger partial charge in [0.15, 0.2) is 0 Å². The van der Waals surface area contributed by atoms with E-state index in [0.29, 0.717) is 19.6 Å². The maximum Gasteiger partial charge on any atom is 0.269 e. The smallest absolute Gasteiger partial charge is 0.269 e. The molecule has 1 aromatic heterocycles. The molecule has 0 radical (unpaired) electrons. The molecule has 0 aliphatic carbocycles. The van der Waals surface area contributed by atoms with Crippen molar-refractivity contribution >= 4 is 17.3 Å². The van der Waals surface area contributed by atoms with E-state index in [4.69, 9.17) is 0 Å². The molecule has 5 rings (SSSR count). The standard InChI is InChI=1S/C29H35N5O2/c35-28-19-26(20-31-34(28)21-23-9-2-1-3-10-23)33-17-7-13-25(22-33)29(36)30-15-8-18-32-16-6-12-24-11-4-5-14-27(24)32/h1-5,9-11,14,19-20,25H,6-8,12-13,15-18,21-22H2,(H,30,36)/t25-/m1/s1. The van der Waals surface area contributed by atoms with Crippen molar-refractivity contribution in [3.8, 4) is 0 Å². The summed E-state index contributed by atoms with van der Waals surface area (Å²) < 4.78 is 1.48. The van der Waals surface area contributed by atoms with E-state index in [1.54, 1.807) is 12.3 Å². The monoisotopic (exact) mass is 485 g/mol. The van der Waals surface area contributed by atoms with Gasteiger partial charge in [0.05, 0.1) is 24.3 Å². The highest BCUT2D eigenvalue weighted by Crippen LogP contribution is 2.26. The maximum atomic E-state index is 12.9. The van der Waals surface area contributed by atoms with Gasteiger partial charge in [0.2, 0.25) is 5.91 Å². The zero-order chi connectivity index (χ0) is 24.7. The van der Waals surface area contributed by atoms with Gasteiger partial charge in [0.1, 0.15) is 0 Å². The topological polar surface area (TPSA) is 70.5 Å². The van der Waals surface area contributed by atoms with Gasteiger partial charge in [-0.05, 0) is 49.3 Å². The van der Waals surface area contributed by atoms with Gasteiger partial charge in [-0.15, -0.1) is 0 Å². The highest BCUT2D eigenvalue weighted by molar-refractivity contribution is 5.79. The largest absolute Gasteiger partial charge is 0.371 e. The number of aryl methyl sites for hydroxylation is 1. The van der Waals surface area contributed by atoms with Crippen molar-refractivity contribution < 1.29 is 4.79 Å². The number of carbonyl (C=O) groups is 1. The predicted molar refractivity (Wildman–Crippen MR) is 144 cm³/mol. The Kier molecular flexibility index (Phi) is 7.64. The summed E-state index contributed by atoms with van der Waals surface area (Å²) in [5, 5.41) is 7.56. The summed E-state index contributed by atoms with van der Waals surface area (Å²) in [5.74, 6) is 0.0466. The Hall–Kier alpha value is -3.61. The lowest BCUT2D eigenvalue weighted by Crippen LogP contribution is -2.44. The quantitative estimate of drug-likeness (QED) is 0.495. The van der Waals surface area contributed by atoms with Crippen molar-refractivity contribution in [1.29, 1.82) is 0 Å². The van der Waals surface area contributed by atoms with Crippen LogP contribution >= 0.6 is 0 Å². The molecule has 1 saturated heterocycles. The molecule has 3 aromatic rings. The van der Waals surface area contributed by atoms with E-state index in [1.165, 1.54) is 22.4 Å². The summed E-state index contributed by atoms with van der Waals surface area (Å²) in [4.78, 5) is 30.2. The van der Waals surface area contributed by atoms with Crippen LogP contribution in [0.4, 0.5) is 11.4 Å². The SMILES string of the molecule is O=C(NCCCN1CCCc2ccccc21)[C@@H]1CCCN(c2cnn(Cc3ccccc3)c(=O)c2)C1. The van der Waals surface area contributed by atoms with Crippen LogP contribution in [-0.2, 0) is 17.8 Å². The zero-order valence-corrected chi connectivity index (χ0v) is 20.8. The second kappa shape index (κ2) is 11.4. The number of anilines is 2. The number of hydrogen-bond donors (Lipinski definition) is 1. The number of hydrogen-bond acceptors (Lipinski definition) is 5. The van der Waals surface area contributed by atoms with Gasteiger partial charge in [0.25, 0.3) is 5.56 Å². The Bertz CT molecular complexity index is 1230. The second-order valence-corrected chi connectivity index (χ2v) is 9.84. The zero-order valence-electron chi connectivity index (χ0n) is 20.8. The number of rotatable bonds is 8. The summed E-state index contributed by atoms with van der Waals surface area (Å²) in [7, 11) is 0. The first-order valence-electron chi connectivity index (χ1n) is 13.1. The van der Waals surface area contributed by atoms with Gasteiger partial charge in [-0.2, -0.15) is 5.10 Å². The summed E-state index contributed by atoms with van der Waals surface area (Å²) in [6.45, 7) is 4.63. The van der Waals surface area contributed by atoms with Crippen molar-refractivity contribution in [3.63, 3.8) is 0 Å². The molecule has 7 heteroatoms. The van der Waals surface area contributed by atoms with E-state index in [2.05, 4.69) is 44.5 Å². The Morgan fingerprint density at radius 1 is 1.03 bits per heavy atom. The summed E-state index contributed by atoms with van der Waals surface area (Å²) in [6, 6.07) is 20.1. The molecule has 2 aliphatic heterocycles. The molecule has 3 heterocycles. The van der Waals surface area contributed by atoms with Gasteiger partial charge in [0, 0.05) is 44.5 Å². The molecule has 1 amide bonds. The lowest BCUT2D eigenvalue weighted by atomic mass is 9.96. The second-order valence-electron chi connectivity index (χ2n) is 9.84. The number of fused-ring (bicyclic) bond motifs is 1. The van der Waals surface area contributed by atoms with E-state index >= 15 is 0 Å². The lowest BCUT2D eigenvalue weighted by Gasteiger charge is -2.33. The first-order chi connectivity index (χ1) is 17.7. The molecule has 188 valence electrons. The van der Waals surface area contributed by atoms with Gasteiger partial charge in [-0.1, -0.05) is 48.5 Å². The van der Waals surface area contributed by atoms with Crippen LogP contribution in [0.1, 0.15) is 36.8 Å². The van der Waals surface area contributed by atoms with Gasteiger partial charge in [-0.3, -0.25) is 9.59 Å². The third kappa shape index (κ3) is 5.78. The first-order valence-corrected chi connectivity index (χ1v) is 13.1. The first kappa shape index (κ1) is 24.1. The normalized spacial score (nSPS) is 17.5. The van der Waals surface area contributed by atoms with Crippen LogP contribution < -0.4 is 20.7 Å². The van der Waals surface area contributed by atoms with Crippen LogP contribution in [0.5, 0.6) is 0 Å². The fourth-order valence-corrected chi connectivity index (χ4v) is 5.37. The fraction of sp³-hybridized carbons (Fsp3) is 0.414. The third-order valence-electron chi connectivity index (χ3n) is 7.30. The number of benzene rings is 2. The highest BCUT2D eigenvalue weighted by atomic mass is 16.2. The minimum absolute atomic E-state index is 0.0683. The number of nitrogens with one attached hydrogen (secondary N) is 1. The van der Waals surface area contributed by atoms with Crippen molar-refractivity contribution in [1.82, 2.24) is 15.1 Å². The van der Waals surface area contributed by atoms with E-state index in [-0.39, 0.29) is 17.4 Å². The van der Waals surface area contributed by atoms with Crippen LogP contribution in [-0.4, -0.2) is 48.4 Å². The van der Waals surface area contributed by atoms with Crippen LogP contribution in [0, 0.1) is 5.92 Å².